The summed E-state index contributed by atoms with van der Waals surface area (Å²) in [5, 5.41) is 20.1. The number of thioether (sulfide) groups is 1. The van der Waals surface area contributed by atoms with Crippen molar-refractivity contribution in [1.29, 1.82) is 0 Å². The maximum atomic E-state index is 12.5. The van der Waals surface area contributed by atoms with Crippen molar-refractivity contribution >= 4 is 40.2 Å². The summed E-state index contributed by atoms with van der Waals surface area (Å²) >= 11 is 1.59. The molecule has 0 radical (unpaired) electrons. The Morgan fingerprint density at radius 3 is 2.78 bits per heavy atom. The van der Waals surface area contributed by atoms with E-state index in [0.717, 1.165) is 53.7 Å². The molecule has 0 saturated carbocycles. The summed E-state index contributed by atoms with van der Waals surface area (Å²) in [6.45, 7) is 6.41. The zero-order valence-corrected chi connectivity index (χ0v) is 18.9. The number of nitrogens with zero attached hydrogens (tertiary/aromatic N) is 6. The van der Waals surface area contributed by atoms with Gasteiger partial charge in [0.25, 0.3) is 11.6 Å². The first-order valence-corrected chi connectivity index (χ1v) is 11.6. The van der Waals surface area contributed by atoms with E-state index in [1.54, 1.807) is 41.7 Å². The van der Waals surface area contributed by atoms with E-state index in [1.807, 2.05) is 0 Å². The van der Waals surface area contributed by atoms with E-state index in [9.17, 15) is 14.9 Å². The fraction of sp³-hybridized carbons (Fsp3) is 0.429. The van der Waals surface area contributed by atoms with Gasteiger partial charge in [-0.1, -0.05) is 24.8 Å². The summed E-state index contributed by atoms with van der Waals surface area (Å²) in [4.78, 5) is 34.9. The van der Waals surface area contributed by atoms with Crippen LogP contribution in [0.2, 0.25) is 0 Å². The molecule has 0 atom stereocenters. The molecule has 1 fully saturated rings. The van der Waals surface area contributed by atoms with E-state index in [-0.39, 0.29) is 17.2 Å². The van der Waals surface area contributed by atoms with Crippen LogP contribution in [-0.2, 0) is 6.54 Å². The molecule has 1 amide bonds. The van der Waals surface area contributed by atoms with E-state index in [2.05, 4.69) is 22.2 Å². The van der Waals surface area contributed by atoms with Crippen LogP contribution in [-0.4, -0.2) is 56.0 Å². The Bertz CT molecular complexity index is 1160. The Kier molecular flexibility index (Phi) is 6.54. The largest absolute Gasteiger partial charge is 0.356 e. The molecule has 10 nitrogen and oxygen atoms in total. The van der Waals surface area contributed by atoms with Gasteiger partial charge in [0.05, 0.1) is 23.1 Å². The number of benzene rings is 1. The third kappa shape index (κ3) is 4.52. The maximum Gasteiger partial charge on any atom is 0.273 e. The molecule has 32 heavy (non-hydrogen) atoms. The molecule has 3 aromatic rings. The molecule has 1 aliphatic rings. The number of nitrogens with one attached hydrogen (secondary N) is 1. The van der Waals surface area contributed by atoms with Crippen LogP contribution >= 0.6 is 11.8 Å². The van der Waals surface area contributed by atoms with E-state index in [0.29, 0.717) is 18.7 Å². The van der Waals surface area contributed by atoms with Gasteiger partial charge >= 0.3 is 0 Å². The summed E-state index contributed by atoms with van der Waals surface area (Å²) in [5.74, 6) is 1.43. The molecule has 3 heterocycles. The first-order valence-electron chi connectivity index (χ1n) is 10.6. The Hall–Kier alpha value is -3.21. The van der Waals surface area contributed by atoms with Gasteiger partial charge in [0.1, 0.15) is 5.82 Å². The van der Waals surface area contributed by atoms with Gasteiger partial charge in [-0.25, -0.2) is 14.6 Å². The number of carbonyl (C=O) groups excluding carboxylic acids is 1. The quantitative estimate of drug-likeness (QED) is 0.238. The average Bonchev–Trinajstić information content (AvgIpc) is 3.44. The van der Waals surface area contributed by atoms with Gasteiger partial charge in [-0.2, -0.15) is 5.10 Å². The number of fused-ring (bicyclic) bond motifs is 1. The lowest BCUT2D eigenvalue weighted by Gasteiger charge is -2.17. The molecule has 11 heteroatoms. The highest BCUT2D eigenvalue weighted by Crippen LogP contribution is 2.29. The van der Waals surface area contributed by atoms with E-state index >= 15 is 0 Å². The Balaban J connectivity index is 1.50. The molecule has 2 aromatic heterocycles. The minimum Gasteiger partial charge on any atom is -0.356 e. The zero-order chi connectivity index (χ0) is 22.7. The predicted octanol–water partition coefficient (Wildman–Crippen LogP) is 3.19. The Labute approximate surface area is 189 Å². The summed E-state index contributed by atoms with van der Waals surface area (Å²) in [5.41, 5.74) is 1.46. The van der Waals surface area contributed by atoms with Crippen LogP contribution < -0.4 is 10.2 Å². The summed E-state index contributed by atoms with van der Waals surface area (Å²) < 4.78 is 1.77. The zero-order valence-electron chi connectivity index (χ0n) is 18.1. The third-order valence-corrected chi connectivity index (χ3v) is 6.14. The number of aryl methyl sites for hydroxylation is 1. The van der Waals surface area contributed by atoms with Gasteiger partial charge in [-0.05, 0) is 31.6 Å². The second-order valence-corrected chi connectivity index (χ2v) is 8.81. The number of aromatic nitrogens is 4. The highest BCUT2D eigenvalue weighted by Gasteiger charge is 2.21. The number of rotatable bonds is 8. The first kappa shape index (κ1) is 22.0. The van der Waals surface area contributed by atoms with Crippen LogP contribution in [0.15, 0.2) is 29.6 Å². The Morgan fingerprint density at radius 1 is 1.28 bits per heavy atom. The fourth-order valence-electron chi connectivity index (χ4n) is 3.77. The lowest BCUT2D eigenvalue weighted by Crippen LogP contribution is -2.27. The minimum absolute atomic E-state index is 0.0668. The highest BCUT2D eigenvalue weighted by molar-refractivity contribution is 7.99. The topological polar surface area (TPSA) is 119 Å². The first-order chi connectivity index (χ1) is 15.5. The molecule has 0 aliphatic carbocycles. The summed E-state index contributed by atoms with van der Waals surface area (Å²) in [7, 11) is 0. The molecular weight excluding hydrogens is 430 g/mol. The number of nitro benzene ring substituents is 1. The minimum atomic E-state index is -0.481. The number of anilines is 1. The molecule has 1 aromatic carbocycles. The van der Waals surface area contributed by atoms with Crippen molar-refractivity contribution in [2.24, 2.45) is 0 Å². The van der Waals surface area contributed by atoms with Crippen LogP contribution in [0.1, 0.15) is 35.7 Å². The second kappa shape index (κ2) is 9.51. The molecule has 0 spiro atoms. The van der Waals surface area contributed by atoms with Gasteiger partial charge in [-0.3, -0.25) is 14.9 Å². The van der Waals surface area contributed by atoms with Crippen molar-refractivity contribution < 1.29 is 9.72 Å². The van der Waals surface area contributed by atoms with Crippen molar-refractivity contribution in [2.75, 3.05) is 30.3 Å². The number of nitro groups is 1. The van der Waals surface area contributed by atoms with Gasteiger partial charge in [0, 0.05) is 36.8 Å². The average molecular weight is 456 g/mol. The molecule has 0 unspecified atom stereocenters. The number of carbonyl (C=O) groups is 1. The summed E-state index contributed by atoms with van der Waals surface area (Å²) in [6.07, 6.45) is 4.09. The van der Waals surface area contributed by atoms with Crippen molar-refractivity contribution in [3.8, 4) is 0 Å². The highest BCUT2D eigenvalue weighted by atomic mass is 32.2. The molecule has 1 aliphatic heterocycles. The normalized spacial score (nSPS) is 13.6. The van der Waals surface area contributed by atoms with Crippen molar-refractivity contribution in [1.82, 2.24) is 25.1 Å². The number of hydrogen-bond donors (Lipinski definition) is 1. The predicted molar refractivity (Wildman–Crippen MR) is 123 cm³/mol. The SMILES string of the molecule is CCSc1nc(N2CCCC2)c2cnn(CCNC(=O)c3ccc(C)c([N+](=O)[O-])c3)c2n1. The van der Waals surface area contributed by atoms with Gasteiger partial charge in [-0.15, -0.1) is 0 Å². The second-order valence-electron chi connectivity index (χ2n) is 7.58. The van der Waals surface area contributed by atoms with Crippen LogP contribution in [0, 0.1) is 17.0 Å². The monoisotopic (exact) mass is 455 g/mol. The molecular formula is C21H25N7O3S. The Morgan fingerprint density at radius 2 is 2.06 bits per heavy atom. The van der Waals surface area contributed by atoms with Crippen molar-refractivity contribution in [2.45, 2.75) is 38.4 Å². The van der Waals surface area contributed by atoms with E-state index in [4.69, 9.17) is 9.97 Å². The van der Waals surface area contributed by atoms with Gasteiger partial charge in [0.2, 0.25) is 0 Å². The van der Waals surface area contributed by atoms with Gasteiger partial charge in [0.15, 0.2) is 10.8 Å². The fourth-order valence-corrected chi connectivity index (χ4v) is 4.33. The van der Waals surface area contributed by atoms with Crippen molar-refractivity contribution in [3.63, 3.8) is 0 Å². The molecule has 4 rings (SSSR count). The smallest absolute Gasteiger partial charge is 0.273 e. The van der Waals surface area contributed by atoms with Crippen LogP contribution in [0.4, 0.5) is 11.5 Å². The lowest BCUT2D eigenvalue weighted by molar-refractivity contribution is -0.385. The summed E-state index contributed by atoms with van der Waals surface area (Å²) in [6, 6.07) is 4.47. The van der Waals surface area contributed by atoms with Gasteiger partial charge < -0.3 is 10.2 Å². The maximum absolute atomic E-state index is 12.5. The van der Waals surface area contributed by atoms with Crippen LogP contribution in [0.5, 0.6) is 0 Å². The van der Waals surface area contributed by atoms with E-state index in [1.165, 1.54) is 6.07 Å². The standard InChI is InChI=1S/C21H25N7O3S/c1-3-32-21-24-18(26-9-4-5-10-26)16-13-23-27(19(16)25-21)11-8-22-20(29)15-7-6-14(2)17(12-15)28(30)31/h6-7,12-13H,3-5,8-11H2,1-2H3,(H,22,29). The number of amides is 1. The molecule has 168 valence electrons. The number of hydrogen-bond acceptors (Lipinski definition) is 8. The van der Waals surface area contributed by atoms with Crippen LogP contribution in [0.25, 0.3) is 11.0 Å². The van der Waals surface area contributed by atoms with E-state index < -0.39 is 4.92 Å². The third-order valence-electron chi connectivity index (χ3n) is 5.41. The van der Waals surface area contributed by atoms with Crippen molar-refractivity contribution in [3.05, 3.63) is 45.6 Å². The van der Waals surface area contributed by atoms with Crippen LogP contribution in [0.3, 0.4) is 0 Å². The molecule has 1 saturated heterocycles. The lowest BCUT2D eigenvalue weighted by atomic mass is 10.1. The molecule has 1 N–H and O–H groups in total. The molecule has 0 bridgehead atoms.